The Morgan fingerprint density at radius 1 is 1.30 bits per heavy atom. The fourth-order valence-electron chi connectivity index (χ4n) is 1.62. The molecule has 23 heavy (non-hydrogen) atoms. The molecule has 0 aliphatic heterocycles. The van der Waals surface area contributed by atoms with Crippen molar-refractivity contribution in [2.24, 2.45) is 10.8 Å². The van der Waals surface area contributed by atoms with Crippen LogP contribution in [0.3, 0.4) is 0 Å². The number of nitrogens with one attached hydrogen (secondary N) is 1. The second kappa shape index (κ2) is 8.05. The summed E-state index contributed by atoms with van der Waals surface area (Å²) in [6.45, 7) is 0. The second-order valence-electron chi connectivity index (χ2n) is 4.31. The summed E-state index contributed by atoms with van der Waals surface area (Å²) in [5.41, 5.74) is 8.70. The molecule has 118 valence electrons. The van der Waals surface area contributed by atoms with Crippen LogP contribution < -0.4 is 15.9 Å². The van der Waals surface area contributed by atoms with Crippen molar-refractivity contribution >= 4 is 57.0 Å². The van der Waals surface area contributed by atoms with Crippen LogP contribution in [0.1, 0.15) is 15.9 Å². The summed E-state index contributed by atoms with van der Waals surface area (Å²) in [4.78, 5) is 12.2. The highest BCUT2D eigenvalue weighted by atomic mass is 79.9. The van der Waals surface area contributed by atoms with Gasteiger partial charge in [-0.25, -0.2) is 4.79 Å². The molecule has 2 aromatic carbocycles. The largest absolute Gasteiger partial charge is 0.422 e. The predicted molar refractivity (Wildman–Crippen MR) is 98.1 cm³/mol. The summed E-state index contributed by atoms with van der Waals surface area (Å²) in [5.74, 6) is -0.150. The average molecular weight is 413 g/mol. The lowest BCUT2D eigenvalue weighted by molar-refractivity contribution is 0.0734. The molecule has 2 rings (SSSR count). The first-order valence-corrected chi connectivity index (χ1v) is 7.89. The summed E-state index contributed by atoms with van der Waals surface area (Å²) in [5, 5.41) is 4.45. The summed E-state index contributed by atoms with van der Waals surface area (Å²) in [6.07, 6.45) is 1.45. The minimum atomic E-state index is -0.499. The number of esters is 1. The molecule has 5 nitrogen and oxygen atoms in total. The lowest BCUT2D eigenvalue weighted by Crippen LogP contribution is -2.24. The number of hydrogen-bond acceptors (Lipinski definition) is 4. The Morgan fingerprint density at radius 2 is 2.00 bits per heavy atom. The lowest BCUT2D eigenvalue weighted by atomic mass is 10.2. The van der Waals surface area contributed by atoms with Gasteiger partial charge in [-0.15, -0.1) is 0 Å². The molecule has 0 heterocycles. The highest BCUT2D eigenvalue weighted by Crippen LogP contribution is 2.23. The number of hydrazone groups is 1. The maximum Gasteiger partial charge on any atom is 0.343 e. The first-order chi connectivity index (χ1) is 11.0. The van der Waals surface area contributed by atoms with E-state index >= 15 is 0 Å². The molecule has 0 aliphatic carbocycles. The van der Waals surface area contributed by atoms with Crippen molar-refractivity contribution in [3.63, 3.8) is 0 Å². The number of thiocarbonyl (C=S) groups is 1. The van der Waals surface area contributed by atoms with Crippen molar-refractivity contribution < 1.29 is 9.53 Å². The van der Waals surface area contributed by atoms with E-state index in [0.29, 0.717) is 21.9 Å². The van der Waals surface area contributed by atoms with Crippen LogP contribution in [0.2, 0.25) is 5.02 Å². The Hall–Kier alpha value is -1.96. The Bertz CT molecular complexity index is 766. The molecule has 3 N–H and O–H groups in total. The van der Waals surface area contributed by atoms with Gasteiger partial charge in [-0.3, -0.25) is 5.43 Å². The molecule has 0 amide bonds. The molecule has 0 radical (unpaired) electrons. The molecule has 0 unspecified atom stereocenters. The molecule has 0 bridgehead atoms. The first kappa shape index (κ1) is 17.4. The van der Waals surface area contributed by atoms with Crippen molar-refractivity contribution in [2.75, 3.05) is 0 Å². The summed E-state index contributed by atoms with van der Waals surface area (Å²) in [6, 6.07) is 11.6. The van der Waals surface area contributed by atoms with Crippen LogP contribution in [0.5, 0.6) is 5.75 Å². The van der Waals surface area contributed by atoms with E-state index in [1.165, 1.54) is 6.21 Å². The van der Waals surface area contributed by atoms with Crippen LogP contribution in [0.4, 0.5) is 0 Å². The standard InChI is InChI=1S/C15H11BrClN3O2S/c16-11-3-6-13(10(7-11)8-19-20-15(18)23)22-14(21)9-1-4-12(17)5-2-9/h1-8H,(H3,18,20,23)/b19-8-. The normalized spacial score (nSPS) is 10.5. The third kappa shape index (κ3) is 5.31. The third-order valence-electron chi connectivity index (χ3n) is 2.63. The Labute approximate surface area is 151 Å². The highest BCUT2D eigenvalue weighted by molar-refractivity contribution is 9.10. The van der Waals surface area contributed by atoms with Crippen molar-refractivity contribution in [1.29, 1.82) is 0 Å². The van der Waals surface area contributed by atoms with Crippen LogP contribution in [0.25, 0.3) is 0 Å². The van der Waals surface area contributed by atoms with Crippen molar-refractivity contribution in [3.05, 3.63) is 63.1 Å². The minimum Gasteiger partial charge on any atom is -0.422 e. The summed E-state index contributed by atoms with van der Waals surface area (Å²) < 4.78 is 6.20. The lowest BCUT2D eigenvalue weighted by Gasteiger charge is -2.08. The molecule has 0 fully saturated rings. The van der Waals surface area contributed by atoms with Gasteiger partial charge in [-0.05, 0) is 54.7 Å². The maximum absolute atomic E-state index is 12.2. The number of carbonyl (C=O) groups excluding carboxylic acids is 1. The molecule has 0 atom stereocenters. The average Bonchev–Trinajstić information content (AvgIpc) is 2.50. The van der Waals surface area contributed by atoms with Gasteiger partial charge in [-0.1, -0.05) is 27.5 Å². The zero-order valence-corrected chi connectivity index (χ0v) is 14.8. The van der Waals surface area contributed by atoms with E-state index in [1.807, 2.05) is 0 Å². The zero-order chi connectivity index (χ0) is 16.8. The number of carbonyl (C=O) groups is 1. The van der Waals surface area contributed by atoms with Gasteiger partial charge >= 0.3 is 5.97 Å². The van der Waals surface area contributed by atoms with Gasteiger partial charge in [0, 0.05) is 15.1 Å². The number of rotatable bonds is 4. The monoisotopic (exact) mass is 411 g/mol. The van der Waals surface area contributed by atoms with Gasteiger partial charge in [0.05, 0.1) is 11.8 Å². The van der Waals surface area contributed by atoms with Crippen molar-refractivity contribution in [3.8, 4) is 5.75 Å². The second-order valence-corrected chi connectivity index (χ2v) is 6.10. The van der Waals surface area contributed by atoms with Crippen LogP contribution in [0, 0.1) is 0 Å². The van der Waals surface area contributed by atoms with Crippen LogP contribution in [0.15, 0.2) is 52.0 Å². The molecule has 0 saturated carbocycles. The van der Waals surface area contributed by atoms with Gasteiger partial charge in [0.25, 0.3) is 0 Å². The molecule has 0 aliphatic rings. The number of nitrogens with zero attached hydrogens (tertiary/aromatic N) is 1. The van der Waals surface area contributed by atoms with Gasteiger partial charge < -0.3 is 10.5 Å². The smallest absolute Gasteiger partial charge is 0.343 e. The number of benzene rings is 2. The highest BCUT2D eigenvalue weighted by Gasteiger charge is 2.11. The molecule has 0 spiro atoms. The molecule has 8 heteroatoms. The van der Waals surface area contributed by atoms with E-state index in [2.05, 4.69) is 38.7 Å². The first-order valence-electron chi connectivity index (χ1n) is 6.31. The molecule has 2 aromatic rings. The molecular formula is C15H11BrClN3O2S. The van der Waals surface area contributed by atoms with E-state index in [1.54, 1.807) is 42.5 Å². The van der Waals surface area contributed by atoms with Gasteiger partial charge in [0.2, 0.25) is 0 Å². The SMILES string of the molecule is NC(=S)N/N=C\c1cc(Br)ccc1OC(=O)c1ccc(Cl)cc1. The van der Waals surface area contributed by atoms with E-state index in [0.717, 1.165) is 4.47 Å². The number of halogens is 2. The zero-order valence-electron chi connectivity index (χ0n) is 11.6. The van der Waals surface area contributed by atoms with E-state index in [4.69, 9.17) is 22.1 Å². The van der Waals surface area contributed by atoms with E-state index in [-0.39, 0.29) is 5.11 Å². The Morgan fingerprint density at radius 3 is 2.65 bits per heavy atom. The fraction of sp³-hybridized carbons (Fsp3) is 0. The quantitative estimate of drug-likeness (QED) is 0.264. The Balaban J connectivity index is 2.21. The van der Waals surface area contributed by atoms with E-state index < -0.39 is 5.97 Å². The summed E-state index contributed by atoms with van der Waals surface area (Å²) >= 11 is 13.8. The number of hydrogen-bond donors (Lipinski definition) is 2. The molecular weight excluding hydrogens is 402 g/mol. The summed E-state index contributed by atoms with van der Waals surface area (Å²) in [7, 11) is 0. The third-order valence-corrected chi connectivity index (χ3v) is 3.47. The Kier molecular flexibility index (Phi) is 6.09. The maximum atomic E-state index is 12.2. The van der Waals surface area contributed by atoms with Crippen molar-refractivity contribution in [2.45, 2.75) is 0 Å². The van der Waals surface area contributed by atoms with Crippen molar-refractivity contribution in [1.82, 2.24) is 5.43 Å². The molecule has 0 aromatic heterocycles. The van der Waals surface area contributed by atoms with Crippen LogP contribution in [-0.4, -0.2) is 17.3 Å². The van der Waals surface area contributed by atoms with Crippen LogP contribution >= 0.6 is 39.7 Å². The predicted octanol–water partition coefficient (Wildman–Crippen LogP) is 3.49. The van der Waals surface area contributed by atoms with Gasteiger partial charge in [0.1, 0.15) is 5.75 Å². The number of ether oxygens (including phenoxy) is 1. The van der Waals surface area contributed by atoms with Gasteiger partial charge in [0.15, 0.2) is 5.11 Å². The molecule has 0 saturated heterocycles. The van der Waals surface area contributed by atoms with E-state index in [9.17, 15) is 4.79 Å². The van der Waals surface area contributed by atoms with Gasteiger partial charge in [-0.2, -0.15) is 5.10 Å². The topological polar surface area (TPSA) is 76.7 Å². The number of nitrogens with two attached hydrogens (primary N) is 1. The fourth-order valence-corrected chi connectivity index (χ4v) is 2.18. The minimum absolute atomic E-state index is 0.0379. The van der Waals surface area contributed by atoms with Crippen LogP contribution in [-0.2, 0) is 0 Å².